The molecule has 2 atom stereocenters. The quantitative estimate of drug-likeness (QED) is 0.881. The summed E-state index contributed by atoms with van der Waals surface area (Å²) < 4.78 is 1.77. The fourth-order valence-corrected chi connectivity index (χ4v) is 1.90. The monoisotopic (exact) mass is 274 g/mol. The molecule has 2 rings (SSSR count). The fraction of sp³-hybridized carbons (Fsp3) is 0.385. The molecule has 2 heterocycles. The van der Waals surface area contributed by atoms with Crippen LogP contribution in [0.4, 0.5) is 4.79 Å². The van der Waals surface area contributed by atoms with Crippen LogP contribution in [-0.2, 0) is 7.05 Å². The van der Waals surface area contributed by atoms with Crippen LogP contribution in [0.1, 0.15) is 37.3 Å². The number of carbonyl (C=O) groups is 1. The molecule has 2 N–H and O–H groups in total. The molecule has 0 aliphatic rings. The zero-order valence-corrected chi connectivity index (χ0v) is 11.7. The van der Waals surface area contributed by atoms with E-state index in [1.807, 2.05) is 33.0 Å². The lowest BCUT2D eigenvalue weighted by Crippen LogP contribution is -2.39. The largest absolute Gasteiger partial charge is 0.332 e. The number of carbonyl (C=O) groups excluding carboxylic acids is 1. The molecule has 20 heavy (non-hydrogen) atoms. The second-order valence-electron chi connectivity index (χ2n) is 4.65. The van der Waals surface area contributed by atoms with Crippen molar-refractivity contribution < 1.29 is 4.79 Å². The van der Waals surface area contributed by atoms with Gasteiger partial charge in [-0.2, -0.15) is 0 Å². The number of urea groups is 1. The molecule has 0 aliphatic carbocycles. The maximum Gasteiger partial charge on any atom is 0.315 e. The van der Waals surface area contributed by atoms with Crippen molar-refractivity contribution in [3.8, 4) is 0 Å². The van der Waals surface area contributed by atoms with E-state index in [0.717, 1.165) is 5.56 Å². The van der Waals surface area contributed by atoms with Crippen molar-refractivity contribution in [1.82, 2.24) is 30.4 Å². The van der Waals surface area contributed by atoms with E-state index >= 15 is 0 Å². The van der Waals surface area contributed by atoms with Gasteiger partial charge in [-0.3, -0.25) is 4.98 Å². The summed E-state index contributed by atoms with van der Waals surface area (Å²) in [6.07, 6.45) is 5.03. The van der Waals surface area contributed by atoms with Crippen LogP contribution in [0.3, 0.4) is 0 Å². The Bertz CT molecular complexity index is 567. The van der Waals surface area contributed by atoms with Gasteiger partial charge < -0.3 is 15.2 Å². The third kappa shape index (κ3) is 3.31. The van der Waals surface area contributed by atoms with Crippen LogP contribution >= 0.6 is 0 Å². The maximum atomic E-state index is 11.9. The first-order chi connectivity index (χ1) is 9.58. The van der Waals surface area contributed by atoms with Crippen LogP contribution in [0.5, 0.6) is 0 Å². The van der Waals surface area contributed by atoms with E-state index in [2.05, 4.69) is 25.8 Å². The van der Waals surface area contributed by atoms with E-state index in [4.69, 9.17) is 0 Å². The summed E-state index contributed by atoms with van der Waals surface area (Å²) in [7, 11) is 1.84. The average Bonchev–Trinajstić information content (AvgIpc) is 2.86. The molecule has 0 saturated carbocycles. The highest BCUT2D eigenvalue weighted by Gasteiger charge is 2.15. The van der Waals surface area contributed by atoms with Gasteiger partial charge in [0, 0.05) is 19.4 Å². The first-order valence-corrected chi connectivity index (χ1v) is 6.38. The number of pyridine rings is 1. The Kier molecular flexibility index (Phi) is 4.29. The second kappa shape index (κ2) is 6.14. The molecule has 106 valence electrons. The highest BCUT2D eigenvalue weighted by atomic mass is 16.2. The summed E-state index contributed by atoms with van der Waals surface area (Å²) >= 11 is 0. The molecule has 0 aliphatic heterocycles. The molecule has 2 amide bonds. The smallest absolute Gasteiger partial charge is 0.315 e. The summed E-state index contributed by atoms with van der Waals surface area (Å²) in [5.41, 5.74) is 0.953. The number of hydrogen-bond acceptors (Lipinski definition) is 4. The average molecular weight is 274 g/mol. The van der Waals surface area contributed by atoms with Crippen LogP contribution in [0.25, 0.3) is 0 Å². The van der Waals surface area contributed by atoms with Crippen molar-refractivity contribution in [3.63, 3.8) is 0 Å². The van der Waals surface area contributed by atoms with E-state index in [9.17, 15) is 4.79 Å². The Balaban J connectivity index is 1.91. The number of nitrogens with zero attached hydrogens (tertiary/aromatic N) is 4. The van der Waals surface area contributed by atoms with E-state index in [1.54, 1.807) is 23.3 Å². The normalized spacial score (nSPS) is 13.6. The van der Waals surface area contributed by atoms with E-state index in [0.29, 0.717) is 5.82 Å². The molecular formula is C13H18N6O. The van der Waals surface area contributed by atoms with Gasteiger partial charge in [-0.15, -0.1) is 10.2 Å². The molecule has 0 bridgehead atoms. The number of rotatable bonds is 4. The van der Waals surface area contributed by atoms with Crippen LogP contribution in [0.15, 0.2) is 30.9 Å². The van der Waals surface area contributed by atoms with Crippen LogP contribution in [0, 0.1) is 0 Å². The van der Waals surface area contributed by atoms with Crippen LogP contribution in [-0.4, -0.2) is 25.8 Å². The molecule has 0 fully saturated rings. The Morgan fingerprint density at radius 2 is 2.05 bits per heavy atom. The van der Waals surface area contributed by atoms with Crippen molar-refractivity contribution >= 4 is 6.03 Å². The molecule has 0 aromatic carbocycles. The lowest BCUT2D eigenvalue weighted by Gasteiger charge is -2.17. The molecule has 0 spiro atoms. The lowest BCUT2D eigenvalue weighted by atomic mass is 10.1. The number of nitrogens with one attached hydrogen (secondary N) is 2. The van der Waals surface area contributed by atoms with Gasteiger partial charge in [0.15, 0.2) is 5.82 Å². The minimum Gasteiger partial charge on any atom is -0.332 e. The molecule has 7 nitrogen and oxygen atoms in total. The highest BCUT2D eigenvalue weighted by molar-refractivity contribution is 5.74. The SMILES string of the molecule is C[C@H](NC(=O)N[C@@H](C)c1nncn1C)c1cccnc1. The summed E-state index contributed by atoms with van der Waals surface area (Å²) in [4.78, 5) is 16.0. The van der Waals surface area contributed by atoms with Gasteiger partial charge in [0.25, 0.3) is 0 Å². The first-order valence-electron chi connectivity index (χ1n) is 6.38. The third-order valence-corrected chi connectivity index (χ3v) is 3.01. The Labute approximate surface area is 117 Å². The minimum atomic E-state index is -0.253. The minimum absolute atomic E-state index is 0.115. The topological polar surface area (TPSA) is 84.7 Å². The van der Waals surface area contributed by atoms with Gasteiger partial charge in [0.05, 0.1) is 12.1 Å². The maximum absolute atomic E-state index is 11.9. The van der Waals surface area contributed by atoms with Crippen molar-refractivity contribution in [2.24, 2.45) is 7.05 Å². The third-order valence-electron chi connectivity index (χ3n) is 3.01. The molecule has 2 aromatic rings. The standard InChI is InChI=1S/C13H18N6O/c1-9(11-5-4-6-14-7-11)16-13(20)17-10(2)12-18-15-8-19(12)3/h4-10H,1-3H3,(H2,16,17,20)/t9-,10-/m0/s1. The molecule has 0 radical (unpaired) electrons. The summed E-state index contributed by atoms with van der Waals surface area (Å²) in [5.74, 6) is 0.703. The van der Waals surface area contributed by atoms with Gasteiger partial charge in [-0.05, 0) is 25.5 Å². The lowest BCUT2D eigenvalue weighted by molar-refractivity contribution is 0.234. The summed E-state index contributed by atoms with van der Waals surface area (Å²) in [6.45, 7) is 3.77. The first kappa shape index (κ1) is 14.0. The van der Waals surface area contributed by atoms with E-state index in [1.165, 1.54) is 0 Å². The van der Waals surface area contributed by atoms with E-state index in [-0.39, 0.29) is 18.1 Å². The predicted octanol–water partition coefficient (Wildman–Crippen LogP) is 1.33. The number of aromatic nitrogens is 4. The highest BCUT2D eigenvalue weighted by Crippen LogP contribution is 2.11. The second-order valence-corrected chi connectivity index (χ2v) is 4.65. The predicted molar refractivity (Wildman–Crippen MR) is 73.7 cm³/mol. The number of aryl methyl sites for hydroxylation is 1. The Morgan fingerprint density at radius 3 is 2.65 bits per heavy atom. The van der Waals surface area contributed by atoms with Crippen molar-refractivity contribution in [1.29, 1.82) is 0 Å². The Hall–Kier alpha value is -2.44. The van der Waals surface area contributed by atoms with Gasteiger partial charge in [-0.25, -0.2) is 4.79 Å². The van der Waals surface area contributed by atoms with Crippen LogP contribution in [0.2, 0.25) is 0 Å². The van der Waals surface area contributed by atoms with Gasteiger partial charge in [0.1, 0.15) is 6.33 Å². The number of hydrogen-bond donors (Lipinski definition) is 2. The summed E-state index contributed by atoms with van der Waals surface area (Å²) in [6, 6.07) is 3.17. The zero-order valence-electron chi connectivity index (χ0n) is 11.7. The molecule has 0 unspecified atom stereocenters. The molecule has 2 aromatic heterocycles. The van der Waals surface area contributed by atoms with Crippen molar-refractivity contribution in [2.45, 2.75) is 25.9 Å². The molecule has 7 heteroatoms. The fourth-order valence-electron chi connectivity index (χ4n) is 1.90. The molecular weight excluding hydrogens is 256 g/mol. The molecule has 0 saturated heterocycles. The van der Waals surface area contributed by atoms with Gasteiger partial charge in [0.2, 0.25) is 0 Å². The summed E-state index contributed by atoms with van der Waals surface area (Å²) in [5, 5.41) is 13.4. The van der Waals surface area contributed by atoms with Crippen molar-refractivity contribution in [2.75, 3.05) is 0 Å². The van der Waals surface area contributed by atoms with Crippen LogP contribution < -0.4 is 10.6 Å². The number of amides is 2. The Morgan fingerprint density at radius 1 is 1.30 bits per heavy atom. The van der Waals surface area contributed by atoms with E-state index < -0.39 is 0 Å². The van der Waals surface area contributed by atoms with Gasteiger partial charge >= 0.3 is 6.03 Å². The van der Waals surface area contributed by atoms with Crippen molar-refractivity contribution in [3.05, 3.63) is 42.2 Å². The van der Waals surface area contributed by atoms with Gasteiger partial charge in [-0.1, -0.05) is 6.07 Å². The zero-order chi connectivity index (χ0) is 14.5.